The Labute approximate surface area is 153 Å². The van der Waals surface area contributed by atoms with Gasteiger partial charge in [-0.25, -0.2) is 9.97 Å². The van der Waals surface area contributed by atoms with E-state index < -0.39 is 0 Å². The van der Waals surface area contributed by atoms with E-state index in [1.54, 1.807) is 0 Å². The minimum Gasteiger partial charge on any atom is -0.378 e. The summed E-state index contributed by atoms with van der Waals surface area (Å²) in [7, 11) is 4.07. The number of benzene rings is 3. The number of hydrogen-bond donors (Lipinski definition) is 1. The summed E-state index contributed by atoms with van der Waals surface area (Å²) < 4.78 is 0. The molecule has 0 aliphatic heterocycles. The summed E-state index contributed by atoms with van der Waals surface area (Å²) in [5.41, 5.74) is 4.06. The van der Waals surface area contributed by atoms with Crippen molar-refractivity contribution in [3.05, 3.63) is 78.9 Å². The van der Waals surface area contributed by atoms with Crippen molar-refractivity contribution in [2.75, 3.05) is 24.3 Å². The number of nitrogens with one attached hydrogen (secondary N) is 1. The lowest BCUT2D eigenvalue weighted by Gasteiger charge is -2.15. The summed E-state index contributed by atoms with van der Waals surface area (Å²) in [4.78, 5) is 11.6. The average Bonchev–Trinajstić information content (AvgIpc) is 2.69. The summed E-state index contributed by atoms with van der Waals surface area (Å²) in [5, 5.41) is 4.48. The first-order chi connectivity index (χ1) is 12.7. The number of para-hydroxylation sites is 1. The molecule has 0 saturated heterocycles. The molecule has 4 heteroatoms. The van der Waals surface area contributed by atoms with Crippen molar-refractivity contribution in [1.82, 2.24) is 9.97 Å². The minimum atomic E-state index is 0.718. The highest BCUT2D eigenvalue weighted by molar-refractivity contribution is 5.92. The van der Waals surface area contributed by atoms with Crippen molar-refractivity contribution in [1.29, 1.82) is 0 Å². The van der Waals surface area contributed by atoms with Gasteiger partial charge in [0.1, 0.15) is 5.82 Å². The fourth-order valence-electron chi connectivity index (χ4n) is 2.89. The molecule has 0 spiro atoms. The first-order valence-corrected chi connectivity index (χ1v) is 8.57. The molecular weight excluding hydrogens is 320 g/mol. The topological polar surface area (TPSA) is 41.0 Å². The van der Waals surface area contributed by atoms with Gasteiger partial charge in [0.05, 0.1) is 5.52 Å². The van der Waals surface area contributed by atoms with Gasteiger partial charge in [0.2, 0.25) is 0 Å². The second kappa shape index (κ2) is 6.84. The molecular formula is C22H20N4. The molecule has 0 amide bonds. The number of nitrogens with zero attached hydrogens (tertiary/aromatic N) is 3. The Bertz CT molecular complexity index is 1040. The van der Waals surface area contributed by atoms with Crippen molar-refractivity contribution in [3.63, 3.8) is 0 Å². The van der Waals surface area contributed by atoms with E-state index in [0.717, 1.165) is 39.5 Å². The lowest BCUT2D eigenvalue weighted by atomic mass is 10.1. The molecule has 0 radical (unpaired) electrons. The van der Waals surface area contributed by atoms with E-state index in [2.05, 4.69) is 22.3 Å². The molecule has 1 heterocycles. The van der Waals surface area contributed by atoms with Crippen LogP contribution >= 0.6 is 0 Å². The van der Waals surface area contributed by atoms with Gasteiger partial charge in [-0.1, -0.05) is 48.5 Å². The lowest BCUT2D eigenvalue weighted by Crippen LogP contribution is -2.08. The van der Waals surface area contributed by atoms with E-state index in [-0.39, 0.29) is 0 Å². The highest BCUT2D eigenvalue weighted by Crippen LogP contribution is 2.28. The molecule has 4 rings (SSSR count). The van der Waals surface area contributed by atoms with Gasteiger partial charge in [0.25, 0.3) is 0 Å². The summed E-state index contributed by atoms with van der Waals surface area (Å²) >= 11 is 0. The zero-order valence-corrected chi connectivity index (χ0v) is 14.8. The van der Waals surface area contributed by atoms with Gasteiger partial charge in [-0.05, 0) is 30.3 Å². The van der Waals surface area contributed by atoms with E-state index in [9.17, 15) is 0 Å². The number of rotatable bonds is 4. The Morgan fingerprint density at radius 1 is 0.769 bits per heavy atom. The van der Waals surface area contributed by atoms with Crippen LogP contribution in [0.25, 0.3) is 22.3 Å². The van der Waals surface area contributed by atoms with Crippen LogP contribution in [0.2, 0.25) is 0 Å². The zero-order valence-electron chi connectivity index (χ0n) is 14.8. The Hall–Kier alpha value is -3.40. The van der Waals surface area contributed by atoms with Gasteiger partial charge in [-0.15, -0.1) is 0 Å². The normalized spacial score (nSPS) is 10.7. The van der Waals surface area contributed by atoms with Crippen molar-refractivity contribution in [2.45, 2.75) is 0 Å². The third kappa shape index (κ3) is 3.22. The summed E-state index contributed by atoms with van der Waals surface area (Å²) in [5.74, 6) is 1.53. The van der Waals surface area contributed by atoms with Gasteiger partial charge in [-0.3, -0.25) is 0 Å². The second-order valence-corrected chi connectivity index (χ2v) is 6.35. The Kier molecular flexibility index (Phi) is 4.23. The zero-order chi connectivity index (χ0) is 17.9. The van der Waals surface area contributed by atoms with Crippen molar-refractivity contribution in [2.24, 2.45) is 0 Å². The smallest absolute Gasteiger partial charge is 0.162 e. The molecule has 1 aromatic heterocycles. The molecule has 3 aromatic carbocycles. The average molecular weight is 340 g/mol. The minimum absolute atomic E-state index is 0.718. The summed E-state index contributed by atoms with van der Waals surface area (Å²) in [6.45, 7) is 0. The predicted octanol–water partition coefficient (Wildman–Crippen LogP) is 5.11. The van der Waals surface area contributed by atoms with Crippen molar-refractivity contribution < 1.29 is 0 Å². The van der Waals surface area contributed by atoms with Crippen LogP contribution in [-0.2, 0) is 0 Å². The van der Waals surface area contributed by atoms with Crippen molar-refractivity contribution in [3.8, 4) is 11.4 Å². The molecule has 0 bridgehead atoms. The maximum Gasteiger partial charge on any atom is 0.162 e. The molecule has 4 aromatic rings. The third-order valence-corrected chi connectivity index (χ3v) is 4.26. The molecule has 26 heavy (non-hydrogen) atoms. The van der Waals surface area contributed by atoms with Crippen LogP contribution in [0.1, 0.15) is 0 Å². The SMILES string of the molecule is CN(C)c1cccc(Nc2nc(-c3ccccc3)nc3ccccc23)c1. The summed E-state index contributed by atoms with van der Waals surface area (Å²) in [6, 6.07) is 26.4. The maximum atomic E-state index is 4.81. The Morgan fingerprint density at radius 3 is 2.35 bits per heavy atom. The predicted molar refractivity (Wildman–Crippen MR) is 109 cm³/mol. The van der Waals surface area contributed by atoms with Crippen LogP contribution in [0.15, 0.2) is 78.9 Å². The molecule has 0 aliphatic rings. The number of aromatic nitrogens is 2. The van der Waals surface area contributed by atoms with Gasteiger partial charge in [0, 0.05) is 36.4 Å². The Balaban J connectivity index is 1.82. The summed E-state index contributed by atoms with van der Waals surface area (Å²) in [6.07, 6.45) is 0. The molecule has 1 N–H and O–H groups in total. The van der Waals surface area contributed by atoms with Crippen molar-refractivity contribution >= 4 is 28.1 Å². The molecule has 128 valence electrons. The van der Waals surface area contributed by atoms with E-state index in [0.29, 0.717) is 0 Å². The molecule has 0 aliphatic carbocycles. The van der Waals surface area contributed by atoms with Crippen LogP contribution in [-0.4, -0.2) is 24.1 Å². The van der Waals surface area contributed by atoms with Crippen LogP contribution in [0, 0.1) is 0 Å². The van der Waals surface area contributed by atoms with Gasteiger partial charge < -0.3 is 10.2 Å². The van der Waals surface area contributed by atoms with E-state index in [1.165, 1.54) is 0 Å². The second-order valence-electron chi connectivity index (χ2n) is 6.35. The highest BCUT2D eigenvalue weighted by Gasteiger charge is 2.10. The fourth-order valence-corrected chi connectivity index (χ4v) is 2.89. The van der Waals surface area contributed by atoms with Gasteiger partial charge >= 0.3 is 0 Å². The van der Waals surface area contributed by atoms with Crippen LogP contribution < -0.4 is 10.2 Å². The van der Waals surface area contributed by atoms with E-state index in [4.69, 9.17) is 9.97 Å². The highest BCUT2D eigenvalue weighted by atomic mass is 15.1. The first-order valence-electron chi connectivity index (χ1n) is 8.57. The molecule has 0 unspecified atom stereocenters. The Morgan fingerprint density at radius 2 is 1.54 bits per heavy atom. The first kappa shape index (κ1) is 16.1. The van der Waals surface area contributed by atoms with Gasteiger partial charge in [-0.2, -0.15) is 0 Å². The lowest BCUT2D eigenvalue weighted by molar-refractivity contribution is 1.13. The van der Waals surface area contributed by atoms with Crippen LogP contribution in [0.4, 0.5) is 17.2 Å². The van der Waals surface area contributed by atoms with Gasteiger partial charge in [0.15, 0.2) is 5.82 Å². The fraction of sp³-hybridized carbons (Fsp3) is 0.0909. The molecule has 0 fully saturated rings. The molecule has 0 saturated carbocycles. The van der Waals surface area contributed by atoms with E-state index >= 15 is 0 Å². The molecule has 4 nitrogen and oxygen atoms in total. The standard InChI is InChI=1S/C22H20N4/c1-26(2)18-12-8-11-17(15-18)23-22-19-13-6-7-14-20(19)24-21(25-22)16-9-4-3-5-10-16/h3-15H,1-2H3,(H,23,24,25). The maximum absolute atomic E-state index is 4.81. The molecule has 0 atom stereocenters. The monoisotopic (exact) mass is 340 g/mol. The number of anilines is 3. The largest absolute Gasteiger partial charge is 0.378 e. The quantitative estimate of drug-likeness (QED) is 0.561. The van der Waals surface area contributed by atoms with Crippen LogP contribution in [0.3, 0.4) is 0 Å². The number of hydrogen-bond acceptors (Lipinski definition) is 4. The van der Waals surface area contributed by atoms with E-state index in [1.807, 2.05) is 80.8 Å². The third-order valence-electron chi connectivity index (χ3n) is 4.26. The number of fused-ring (bicyclic) bond motifs is 1. The van der Waals surface area contributed by atoms with Crippen LogP contribution in [0.5, 0.6) is 0 Å².